The van der Waals surface area contributed by atoms with Gasteiger partial charge in [-0.05, 0) is 67.8 Å². The van der Waals surface area contributed by atoms with Gasteiger partial charge in [0.1, 0.15) is 11.5 Å². The highest BCUT2D eigenvalue weighted by Crippen LogP contribution is 2.36. The summed E-state index contributed by atoms with van der Waals surface area (Å²) < 4.78 is 13.6. The fraction of sp³-hybridized carbons (Fsp3) is 0.143. The molecule has 29 heavy (non-hydrogen) atoms. The third kappa shape index (κ3) is 5.58. The van der Waals surface area contributed by atoms with Gasteiger partial charge in [-0.25, -0.2) is 5.43 Å². The zero-order valence-electron chi connectivity index (χ0n) is 15.4. The van der Waals surface area contributed by atoms with Gasteiger partial charge in [0, 0.05) is 10.0 Å². The molecule has 3 aromatic rings. The summed E-state index contributed by atoms with van der Waals surface area (Å²) in [7, 11) is 0. The number of hydrogen-bond acceptors (Lipinski definition) is 4. The molecule has 0 aromatic heterocycles. The first-order valence-corrected chi connectivity index (χ1v) is 11.1. The molecule has 0 atom stereocenters. The van der Waals surface area contributed by atoms with E-state index in [2.05, 4.69) is 58.3 Å². The Balaban J connectivity index is 1.70. The van der Waals surface area contributed by atoms with Crippen molar-refractivity contribution in [1.82, 2.24) is 5.43 Å². The smallest absolute Gasteiger partial charge is 0.277 e. The average molecular weight is 585 g/mol. The summed E-state index contributed by atoms with van der Waals surface area (Å²) in [6.45, 7) is 2.29. The van der Waals surface area contributed by atoms with Crippen LogP contribution in [0.1, 0.15) is 12.5 Å². The summed E-state index contributed by atoms with van der Waals surface area (Å²) in [4.78, 5) is 12.1. The van der Waals surface area contributed by atoms with E-state index in [1.807, 2.05) is 55.5 Å². The molecule has 0 radical (unpaired) electrons. The van der Waals surface area contributed by atoms with E-state index in [-0.39, 0.29) is 12.5 Å². The molecule has 8 heteroatoms. The van der Waals surface area contributed by atoms with E-state index in [9.17, 15) is 4.79 Å². The van der Waals surface area contributed by atoms with Crippen LogP contribution in [0.15, 0.2) is 67.1 Å². The zero-order valence-corrected chi connectivity index (χ0v) is 20.2. The molecule has 3 rings (SSSR count). The zero-order chi connectivity index (χ0) is 20.8. The SMILES string of the molecule is CCOc1ccc2ccccc2c1/C=N\NC(=O)COc1c(Br)cc(Br)cc1Br. The second kappa shape index (κ2) is 10.2. The lowest BCUT2D eigenvalue weighted by Gasteiger charge is -2.11. The van der Waals surface area contributed by atoms with Crippen LogP contribution in [-0.2, 0) is 4.79 Å². The largest absolute Gasteiger partial charge is 0.493 e. The Kier molecular flexibility index (Phi) is 7.69. The highest BCUT2D eigenvalue weighted by Gasteiger charge is 2.11. The molecule has 0 fully saturated rings. The van der Waals surface area contributed by atoms with E-state index in [0.717, 1.165) is 29.8 Å². The molecule has 0 spiro atoms. The van der Waals surface area contributed by atoms with Gasteiger partial charge < -0.3 is 9.47 Å². The maximum atomic E-state index is 12.1. The topological polar surface area (TPSA) is 59.9 Å². The lowest BCUT2D eigenvalue weighted by atomic mass is 10.0. The number of halogens is 3. The Morgan fingerprint density at radius 1 is 1.07 bits per heavy atom. The lowest BCUT2D eigenvalue weighted by molar-refractivity contribution is -0.123. The number of amides is 1. The maximum Gasteiger partial charge on any atom is 0.277 e. The van der Waals surface area contributed by atoms with Crippen LogP contribution in [0.3, 0.4) is 0 Å². The van der Waals surface area contributed by atoms with Gasteiger partial charge in [-0.1, -0.05) is 46.3 Å². The molecule has 0 unspecified atom stereocenters. The molecule has 0 saturated heterocycles. The number of carbonyl (C=O) groups is 1. The minimum absolute atomic E-state index is 0.177. The van der Waals surface area contributed by atoms with Crippen LogP contribution in [0.4, 0.5) is 0 Å². The molecule has 1 N–H and O–H groups in total. The van der Waals surface area contributed by atoms with E-state index in [4.69, 9.17) is 9.47 Å². The Morgan fingerprint density at radius 2 is 1.79 bits per heavy atom. The molecule has 3 aromatic carbocycles. The van der Waals surface area contributed by atoms with Crippen molar-refractivity contribution in [2.24, 2.45) is 5.10 Å². The predicted molar refractivity (Wildman–Crippen MR) is 126 cm³/mol. The number of nitrogens with zero attached hydrogens (tertiary/aromatic N) is 1. The van der Waals surface area contributed by atoms with Crippen LogP contribution in [0.5, 0.6) is 11.5 Å². The van der Waals surface area contributed by atoms with Gasteiger partial charge in [-0.2, -0.15) is 5.10 Å². The van der Waals surface area contributed by atoms with Crippen molar-refractivity contribution in [3.05, 3.63) is 67.5 Å². The fourth-order valence-corrected chi connectivity index (χ4v) is 5.18. The Bertz CT molecular complexity index is 1050. The number of hydrazone groups is 1. The fourth-order valence-electron chi connectivity index (χ4n) is 2.70. The van der Waals surface area contributed by atoms with Gasteiger partial charge in [0.2, 0.25) is 0 Å². The summed E-state index contributed by atoms with van der Waals surface area (Å²) in [6, 6.07) is 15.5. The molecule has 150 valence electrons. The molecule has 1 amide bonds. The molecule has 5 nitrogen and oxygen atoms in total. The molecule has 0 heterocycles. The maximum absolute atomic E-state index is 12.1. The summed E-state index contributed by atoms with van der Waals surface area (Å²) in [5.41, 5.74) is 3.31. The summed E-state index contributed by atoms with van der Waals surface area (Å²) in [5, 5.41) is 6.15. The van der Waals surface area contributed by atoms with Gasteiger partial charge in [0.15, 0.2) is 6.61 Å². The first kappa shape index (κ1) is 21.8. The molecular weight excluding hydrogens is 568 g/mol. The van der Waals surface area contributed by atoms with Crippen molar-refractivity contribution in [3.8, 4) is 11.5 Å². The van der Waals surface area contributed by atoms with Crippen molar-refractivity contribution >= 4 is 70.7 Å². The minimum Gasteiger partial charge on any atom is -0.493 e. The van der Waals surface area contributed by atoms with Gasteiger partial charge in [0.05, 0.1) is 21.8 Å². The lowest BCUT2D eigenvalue weighted by Crippen LogP contribution is -2.24. The molecule has 0 aliphatic carbocycles. The predicted octanol–water partition coefficient (Wildman–Crippen LogP) is 6.06. The molecule has 0 aliphatic rings. The van der Waals surface area contributed by atoms with Crippen LogP contribution in [0, 0.1) is 0 Å². The molecule has 0 bridgehead atoms. The normalized spacial score (nSPS) is 11.0. The highest BCUT2D eigenvalue weighted by atomic mass is 79.9. The van der Waals surface area contributed by atoms with Crippen LogP contribution in [0.2, 0.25) is 0 Å². The number of rotatable bonds is 7. The number of fused-ring (bicyclic) bond motifs is 1. The monoisotopic (exact) mass is 582 g/mol. The summed E-state index contributed by atoms with van der Waals surface area (Å²) >= 11 is 10.2. The van der Waals surface area contributed by atoms with Gasteiger partial charge in [0.25, 0.3) is 5.91 Å². The van der Waals surface area contributed by atoms with E-state index >= 15 is 0 Å². The van der Waals surface area contributed by atoms with Crippen LogP contribution < -0.4 is 14.9 Å². The molecule has 0 aliphatic heterocycles. The summed E-state index contributed by atoms with van der Waals surface area (Å²) in [5.74, 6) is 0.879. The van der Waals surface area contributed by atoms with Crippen molar-refractivity contribution in [3.63, 3.8) is 0 Å². The minimum atomic E-state index is -0.374. The third-order valence-electron chi connectivity index (χ3n) is 3.92. The molecular formula is C21H17Br3N2O3. The first-order chi connectivity index (χ1) is 14.0. The van der Waals surface area contributed by atoms with Crippen molar-refractivity contribution in [1.29, 1.82) is 0 Å². The third-order valence-corrected chi connectivity index (χ3v) is 5.56. The van der Waals surface area contributed by atoms with Crippen molar-refractivity contribution in [2.45, 2.75) is 6.92 Å². The van der Waals surface area contributed by atoms with E-state index in [1.54, 1.807) is 6.21 Å². The van der Waals surface area contributed by atoms with Gasteiger partial charge in [-0.3, -0.25) is 4.79 Å². The van der Waals surface area contributed by atoms with Crippen molar-refractivity contribution < 1.29 is 14.3 Å². The molecule has 0 saturated carbocycles. The number of benzene rings is 3. The Labute approximate surface area is 193 Å². The number of carbonyl (C=O) groups excluding carboxylic acids is 1. The van der Waals surface area contributed by atoms with Crippen LogP contribution in [0.25, 0.3) is 10.8 Å². The number of ether oxygens (including phenoxy) is 2. The second-order valence-electron chi connectivity index (χ2n) is 5.91. The van der Waals surface area contributed by atoms with Gasteiger partial charge >= 0.3 is 0 Å². The second-order valence-corrected chi connectivity index (χ2v) is 8.54. The highest BCUT2D eigenvalue weighted by molar-refractivity contribution is 9.11. The first-order valence-electron chi connectivity index (χ1n) is 8.73. The number of nitrogens with one attached hydrogen (secondary N) is 1. The number of hydrogen-bond donors (Lipinski definition) is 1. The van der Waals surface area contributed by atoms with E-state index in [1.165, 1.54) is 0 Å². The van der Waals surface area contributed by atoms with Crippen LogP contribution >= 0.6 is 47.8 Å². The Hall–Kier alpha value is -1.90. The summed E-state index contributed by atoms with van der Waals surface area (Å²) in [6.07, 6.45) is 1.59. The van der Waals surface area contributed by atoms with Gasteiger partial charge in [-0.15, -0.1) is 0 Å². The standard InChI is InChI=1S/C21H17Br3N2O3/c1-2-28-19-8-7-13-5-3-4-6-15(13)16(19)11-25-26-20(27)12-29-21-17(23)9-14(22)10-18(21)24/h3-11H,2,12H2,1H3,(H,26,27)/b25-11-. The van der Waals surface area contributed by atoms with E-state index in [0.29, 0.717) is 18.1 Å². The van der Waals surface area contributed by atoms with Crippen molar-refractivity contribution in [2.75, 3.05) is 13.2 Å². The quantitative estimate of drug-likeness (QED) is 0.271. The average Bonchev–Trinajstić information content (AvgIpc) is 2.68. The Morgan fingerprint density at radius 3 is 2.52 bits per heavy atom. The van der Waals surface area contributed by atoms with E-state index < -0.39 is 0 Å². The van der Waals surface area contributed by atoms with Crippen LogP contribution in [-0.4, -0.2) is 25.3 Å².